The zero-order chi connectivity index (χ0) is 16.1. The first-order chi connectivity index (χ1) is 11.8. The van der Waals surface area contributed by atoms with Gasteiger partial charge in [-0.1, -0.05) is 35.9 Å². The van der Waals surface area contributed by atoms with Gasteiger partial charge in [0.2, 0.25) is 0 Å². The average Bonchev–Trinajstić information content (AvgIpc) is 3.17. The van der Waals surface area contributed by atoms with Crippen LogP contribution in [0, 0.1) is 0 Å². The molecule has 3 aromatic heterocycles. The first-order valence-corrected chi connectivity index (χ1v) is 8.01. The van der Waals surface area contributed by atoms with E-state index in [0.29, 0.717) is 11.7 Å². The molecule has 1 aliphatic rings. The predicted octanol–water partition coefficient (Wildman–Crippen LogP) is 4.23. The monoisotopic (exact) mass is 369 g/mol. The van der Waals surface area contributed by atoms with E-state index in [1.54, 1.807) is 6.20 Å². The Labute approximate surface area is 155 Å². The van der Waals surface area contributed by atoms with Gasteiger partial charge in [0.05, 0.1) is 17.9 Å². The standard InChI is InChI=1S/C18H12ClN5.ClH/c19-16-9-8-15-18-22-21-17(13-6-3-4-10-20-13)24(18)14-7-2-1-5-12(14)11-23(15)16;/h1-10H,11H2;1H. The molecule has 0 aliphatic carbocycles. The maximum atomic E-state index is 6.38. The number of para-hydroxylation sites is 1. The predicted molar refractivity (Wildman–Crippen MR) is 99.4 cm³/mol. The summed E-state index contributed by atoms with van der Waals surface area (Å²) in [6, 6.07) is 17.9. The zero-order valence-corrected chi connectivity index (χ0v) is 14.6. The van der Waals surface area contributed by atoms with Crippen LogP contribution < -0.4 is 0 Å². The van der Waals surface area contributed by atoms with E-state index >= 15 is 0 Å². The number of hydrogen-bond acceptors (Lipinski definition) is 3. The van der Waals surface area contributed by atoms with Crippen molar-refractivity contribution in [2.75, 3.05) is 0 Å². The van der Waals surface area contributed by atoms with Gasteiger partial charge in [0.15, 0.2) is 11.6 Å². The van der Waals surface area contributed by atoms with Crippen LogP contribution in [0.25, 0.3) is 28.7 Å². The number of pyridine rings is 1. The van der Waals surface area contributed by atoms with Crippen LogP contribution in [0.1, 0.15) is 5.56 Å². The Bertz CT molecular complexity index is 1050. The first kappa shape index (κ1) is 15.9. The van der Waals surface area contributed by atoms with Crippen molar-refractivity contribution in [3.63, 3.8) is 0 Å². The lowest BCUT2D eigenvalue weighted by Gasteiger charge is -2.11. The molecule has 0 amide bonds. The molecule has 5 rings (SSSR count). The van der Waals surface area contributed by atoms with E-state index in [1.165, 1.54) is 0 Å². The summed E-state index contributed by atoms with van der Waals surface area (Å²) < 4.78 is 4.11. The lowest BCUT2D eigenvalue weighted by molar-refractivity contribution is 0.817. The third kappa shape index (κ3) is 2.35. The molecule has 25 heavy (non-hydrogen) atoms. The lowest BCUT2D eigenvalue weighted by Crippen LogP contribution is -2.02. The van der Waals surface area contributed by atoms with Crippen LogP contribution in [0.15, 0.2) is 60.8 Å². The van der Waals surface area contributed by atoms with Gasteiger partial charge in [0.25, 0.3) is 0 Å². The van der Waals surface area contributed by atoms with E-state index in [4.69, 9.17) is 11.6 Å². The summed E-state index contributed by atoms with van der Waals surface area (Å²) >= 11 is 6.38. The molecular formula is C18H13Cl2N5. The van der Waals surface area contributed by atoms with Gasteiger partial charge < -0.3 is 4.57 Å². The second-order valence-electron chi connectivity index (χ2n) is 5.65. The van der Waals surface area contributed by atoms with E-state index in [0.717, 1.165) is 34.3 Å². The van der Waals surface area contributed by atoms with Crippen LogP contribution in [0.5, 0.6) is 0 Å². The third-order valence-electron chi connectivity index (χ3n) is 4.27. The smallest absolute Gasteiger partial charge is 0.187 e. The number of fused-ring (bicyclic) bond motifs is 5. The first-order valence-electron chi connectivity index (χ1n) is 7.63. The van der Waals surface area contributed by atoms with E-state index in [2.05, 4.69) is 36.4 Å². The highest BCUT2D eigenvalue weighted by Gasteiger charge is 2.25. The number of benzene rings is 1. The van der Waals surface area contributed by atoms with Crippen LogP contribution in [-0.2, 0) is 6.54 Å². The molecule has 4 aromatic rings. The molecular weight excluding hydrogens is 357 g/mol. The van der Waals surface area contributed by atoms with E-state index in [-0.39, 0.29) is 12.4 Å². The molecule has 1 aliphatic heterocycles. The van der Waals surface area contributed by atoms with Crippen LogP contribution >= 0.6 is 24.0 Å². The fourth-order valence-corrected chi connectivity index (χ4v) is 3.38. The molecule has 124 valence electrons. The molecule has 0 saturated heterocycles. The Morgan fingerprint density at radius 2 is 1.68 bits per heavy atom. The number of nitrogens with zero attached hydrogens (tertiary/aromatic N) is 5. The number of aromatic nitrogens is 5. The Kier molecular flexibility index (Phi) is 3.82. The largest absolute Gasteiger partial charge is 0.324 e. The van der Waals surface area contributed by atoms with Crippen molar-refractivity contribution in [2.24, 2.45) is 0 Å². The highest BCUT2D eigenvalue weighted by molar-refractivity contribution is 6.30. The summed E-state index contributed by atoms with van der Waals surface area (Å²) in [6.07, 6.45) is 1.76. The maximum Gasteiger partial charge on any atom is 0.187 e. The molecule has 0 unspecified atom stereocenters. The minimum absolute atomic E-state index is 0. The topological polar surface area (TPSA) is 48.5 Å². The molecule has 0 saturated carbocycles. The summed E-state index contributed by atoms with van der Waals surface area (Å²) in [5.41, 5.74) is 3.95. The Morgan fingerprint density at radius 1 is 0.880 bits per heavy atom. The molecule has 0 bridgehead atoms. The molecule has 4 heterocycles. The van der Waals surface area contributed by atoms with Crippen molar-refractivity contribution in [1.82, 2.24) is 24.3 Å². The van der Waals surface area contributed by atoms with Gasteiger partial charge >= 0.3 is 0 Å². The summed E-state index contributed by atoms with van der Waals surface area (Å²) in [7, 11) is 0. The molecule has 0 spiro atoms. The summed E-state index contributed by atoms with van der Waals surface area (Å²) in [6.45, 7) is 0.697. The van der Waals surface area contributed by atoms with Crippen LogP contribution in [0.4, 0.5) is 0 Å². The van der Waals surface area contributed by atoms with Crippen molar-refractivity contribution in [3.8, 4) is 28.7 Å². The number of hydrogen-bond donors (Lipinski definition) is 0. The van der Waals surface area contributed by atoms with Crippen molar-refractivity contribution in [2.45, 2.75) is 6.54 Å². The highest BCUT2D eigenvalue weighted by Crippen LogP contribution is 2.35. The molecule has 0 atom stereocenters. The van der Waals surface area contributed by atoms with E-state index < -0.39 is 0 Å². The van der Waals surface area contributed by atoms with Crippen LogP contribution in [0.2, 0.25) is 5.15 Å². The Morgan fingerprint density at radius 3 is 2.52 bits per heavy atom. The molecule has 1 aromatic carbocycles. The molecule has 0 N–H and O–H groups in total. The molecule has 0 fully saturated rings. The summed E-state index contributed by atoms with van der Waals surface area (Å²) in [5, 5.41) is 9.54. The quantitative estimate of drug-likeness (QED) is 0.444. The molecule has 7 heteroatoms. The minimum Gasteiger partial charge on any atom is -0.324 e. The van der Waals surface area contributed by atoms with Gasteiger partial charge in [0.1, 0.15) is 10.8 Å². The lowest BCUT2D eigenvalue weighted by atomic mass is 10.1. The number of rotatable bonds is 1. The van der Waals surface area contributed by atoms with Gasteiger partial charge in [-0.25, -0.2) is 0 Å². The van der Waals surface area contributed by atoms with E-state index in [1.807, 2.05) is 42.5 Å². The Hall–Kier alpha value is -2.63. The fourth-order valence-electron chi connectivity index (χ4n) is 3.17. The second-order valence-corrected chi connectivity index (χ2v) is 6.04. The summed E-state index contributed by atoms with van der Waals surface area (Å²) in [5.74, 6) is 1.50. The number of halogens is 2. The van der Waals surface area contributed by atoms with Gasteiger partial charge in [0, 0.05) is 6.20 Å². The minimum atomic E-state index is 0. The second kappa shape index (κ2) is 6.02. The average molecular weight is 370 g/mol. The highest BCUT2D eigenvalue weighted by atomic mass is 35.5. The van der Waals surface area contributed by atoms with Crippen molar-refractivity contribution >= 4 is 24.0 Å². The van der Waals surface area contributed by atoms with Crippen LogP contribution in [0.3, 0.4) is 0 Å². The zero-order valence-electron chi connectivity index (χ0n) is 13.0. The van der Waals surface area contributed by atoms with Crippen molar-refractivity contribution in [3.05, 3.63) is 71.5 Å². The summed E-state index contributed by atoms with van der Waals surface area (Å²) in [4.78, 5) is 4.44. The van der Waals surface area contributed by atoms with Crippen molar-refractivity contribution < 1.29 is 0 Å². The maximum absolute atomic E-state index is 6.38. The fraction of sp³-hybridized carbons (Fsp3) is 0.0556. The van der Waals surface area contributed by atoms with Gasteiger partial charge in [-0.15, -0.1) is 22.6 Å². The van der Waals surface area contributed by atoms with Gasteiger partial charge in [-0.05, 0) is 35.9 Å². The van der Waals surface area contributed by atoms with Crippen LogP contribution in [-0.4, -0.2) is 24.3 Å². The normalized spacial score (nSPS) is 11.7. The SMILES string of the molecule is Cl.Clc1ccc2n1Cc1ccccc1-n1c(-c3ccccn3)nnc1-2. The van der Waals surface area contributed by atoms with Gasteiger partial charge in [-0.3, -0.25) is 9.55 Å². The third-order valence-corrected chi connectivity index (χ3v) is 4.60. The van der Waals surface area contributed by atoms with Gasteiger partial charge in [-0.2, -0.15) is 0 Å². The van der Waals surface area contributed by atoms with Crippen molar-refractivity contribution in [1.29, 1.82) is 0 Å². The van der Waals surface area contributed by atoms with E-state index in [9.17, 15) is 0 Å². The molecule has 0 radical (unpaired) electrons. The molecule has 5 nitrogen and oxygen atoms in total. The Balaban J connectivity index is 0.00000157.